The molecule has 1 aliphatic carbocycles. The van der Waals surface area contributed by atoms with Crippen LogP contribution in [-0.2, 0) is 6.18 Å². The summed E-state index contributed by atoms with van der Waals surface area (Å²) < 4.78 is 57.6. The number of nitrogens with zero attached hydrogens (tertiary/aromatic N) is 5. The number of rotatable bonds is 4. The summed E-state index contributed by atoms with van der Waals surface area (Å²) in [6.45, 7) is 2.31. The Labute approximate surface area is 191 Å². The highest BCUT2D eigenvalue weighted by atomic mass is 19.4. The van der Waals surface area contributed by atoms with Crippen molar-refractivity contribution >= 4 is 5.91 Å². The molecule has 3 unspecified atom stereocenters. The first kappa shape index (κ1) is 22.2. The van der Waals surface area contributed by atoms with Gasteiger partial charge in [-0.2, -0.15) is 13.2 Å². The van der Waals surface area contributed by atoms with Gasteiger partial charge in [0, 0.05) is 25.0 Å². The zero-order chi connectivity index (χ0) is 24.0. The molecule has 0 spiro atoms. The molecule has 0 N–H and O–H groups in total. The normalized spacial score (nSPS) is 21.7. The number of hydrogen-bond donors (Lipinski definition) is 0. The van der Waals surface area contributed by atoms with Crippen molar-refractivity contribution < 1.29 is 27.1 Å². The number of amides is 1. The van der Waals surface area contributed by atoms with Crippen LogP contribution in [0.4, 0.5) is 17.6 Å². The summed E-state index contributed by atoms with van der Waals surface area (Å²) in [5.74, 6) is -0.447. The van der Waals surface area contributed by atoms with Gasteiger partial charge in [0.15, 0.2) is 11.6 Å². The van der Waals surface area contributed by atoms with E-state index in [1.54, 1.807) is 17.9 Å². The van der Waals surface area contributed by atoms with Gasteiger partial charge in [0.05, 0.1) is 29.6 Å². The molecule has 11 heteroatoms. The first-order valence-corrected chi connectivity index (χ1v) is 10.6. The molecule has 34 heavy (non-hydrogen) atoms. The van der Waals surface area contributed by atoms with Gasteiger partial charge >= 0.3 is 6.18 Å². The molecule has 5 rings (SSSR count). The largest absolute Gasteiger partial charge is 0.472 e. The number of aryl methyl sites for hydroxylation is 1. The summed E-state index contributed by atoms with van der Waals surface area (Å²) in [4.78, 5) is 31.3. The zero-order valence-electron chi connectivity index (χ0n) is 18.0. The average Bonchev–Trinajstić information content (AvgIpc) is 3.40. The number of fused-ring (bicyclic) bond motifs is 2. The number of pyridine rings is 2. The number of carbonyl (C=O) groups excluding carboxylic acids is 1. The molecule has 0 radical (unpaired) electrons. The Balaban J connectivity index is 1.38. The Morgan fingerprint density at radius 1 is 1.06 bits per heavy atom. The maximum Gasteiger partial charge on any atom is 0.417 e. The summed E-state index contributed by atoms with van der Waals surface area (Å²) in [7, 11) is 0. The number of aromatic nitrogens is 4. The van der Waals surface area contributed by atoms with Gasteiger partial charge in [-0.1, -0.05) is 0 Å². The molecule has 2 aliphatic rings. The van der Waals surface area contributed by atoms with Crippen LogP contribution in [0.3, 0.4) is 0 Å². The highest BCUT2D eigenvalue weighted by Crippen LogP contribution is 2.41. The van der Waals surface area contributed by atoms with Crippen LogP contribution in [0.5, 0.6) is 5.88 Å². The molecule has 3 aromatic rings. The lowest BCUT2D eigenvalue weighted by Gasteiger charge is -2.33. The maximum atomic E-state index is 13.5. The Morgan fingerprint density at radius 3 is 2.47 bits per heavy atom. The zero-order valence-corrected chi connectivity index (χ0v) is 18.0. The Morgan fingerprint density at radius 2 is 1.82 bits per heavy atom. The molecular weight excluding hydrogens is 454 g/mol. The minimum absolute atomic E-state index is 0.0760. The van der Waals surface area contributed by atoms with Gasteiger partial charge in [-0.3, -0.25) is 9.78 Å². The van der Waals surface area contributed by atoms with Gasteiger partial charge < -0.3 is 9.64 Å². The summed E-state index contributed by atoms with van der Waals surface area (Å²) >= 11 is 0. The fourth-order valence-electron chi connectivity index (χ4n) is 4.68. The molecular formula is C23H19F4N5O2. The molecule has 176 valence electrons. The molecule has 1 saturated carbocycles. The van der Waals surface area contributed by atoms with E-state index in [0.717, 1.165) is 30.2 Å². The van der Waals surface area contributed by atoms with Crippen LogP contribution in [0, 0.1) is 18.7 Å². The van der Waals surface area contributed by atoms with Crippen molar-refractivity contribution in [3.05, 3.63) is 65.6 Å². The van der Waals surface area contributed by atoms with Crippen molar-refractivity contribution in [2.45, 2.75) is 38.1 Å². The Hall–Kier alpha value is -3.63. The van der Waals surface area contributed by atoms with E-state index in [2.05, 4.69) is 19.9 Å². The monoisotopic (exact) mass is 473 g/mol. The minimum Gasteiger partial charge on any atom is -0.472 e. The lowest BCUT2D eigenvalue weighted by Crippen LogP contribution is -2.47. The molecule has 4 heterocycles. The van der Waals surface area contributed by atoms with Gasteiger partial charge in [-0.25, -0.2) is 19.3 Å². The van der Waals surface area contributed by atoms with E-state index >= 15 is 0 Å². The second-order valence-corrected chi connectivity index (χ2v) is 8.48. The molecule has 1 amide bonds. The Kier molecular flexibility index (Phi) is 5.41. The van der Waals surface area contributed by atoms with Gasteiger partial charge in [-0.15, -0.1) is 0 Å². The fourth-order valence-corrected chi connectivity index (χ4v) is 4.68. The number of ether oxygens (including phenoxy) is 1. The van der Waals surface area contributed by atoms with Crippen LogP contribution >= 0.6 is 0 Å². The lowest BCUT2D eigenvalue weighted by atomic mass is 10.0. The third-order valence-electron chi connectivity index (χ3n) is 6.23. The molecule has 2 fully saturated rings. The molecule has 7 nitrogen and oxygen atoms in total. The van der Waals surface area contributed by atoms with Gasteiger partial charge in [-0.05, 0) is 43.4 Å². The molecule has 1 saturated heterocycles. The minimum atomic E-state index is -4.48. The number of alkyl halides is 3. The van der Waals surface area contributed by atoms with Gasteiger partial charge in [0.1, 0.15) is 11.8 Å². The smallest absolute Gasteiger partial charge is 0.417 e. The number of piperidine rings is 1. The third-order valence-corrected chi connectivity index (χ3v) is 6.23. The lowest BCUT2D eigenvalue weighted by molar-refractivity contribution is -0.137. The summed E-state index contributed by atoms with van der Waals surface area (Å²) in [5.41, 5.74) is 0.449. The van der Waals surface area contributed by atoms with Crippen molar-refractivity contribution in [2.24, 2.45) is 5.92 Å². The number of carbonyl (C=O) groups is 1. The maximum absolute atomic E-state index is 13.5. The van der Waals surface area contributed by atoms with E-state index < -0.39 is 23.7 Å². The van der Waals surface area contributed by atoms with Gasteiger partial charge in [0.25, 0.3) is 5.91 Å². The van der Waals surface area contributed by atoms with Crippen LogP contribution in [-0.4, -0.2) is 49.4 Å². The van der Waals surface area contributed by atoms with E-state index in [1.165, 1.54) is 12.3 Å². The molecule has 3 aromatic heterocycles. The predicted molar refractivity (Wildman–Crippen MR) is 111 cm³/mol. The van der Waals surface area contributed by atoms with Crippen LogP contribution in [0.25, 0.3) is 11.4 Å². The summed E-state index contributed by atoms with van der Waals surface area (Å²) in [5, 5.41) is 0. The topological polar surface area (TPSA) is 81.1 Å². The van der Waals surface area contributed by atoms with Crippen molar-refractivity contribution in [3.8, 4) is 17.3 Å². The van der Waals surface area contributed by atoms with Crippen LogP contribution in [0.15, 0.2) is 43.0 Å². The second-order valence-electron chi connectivity index (χ2n) is 8.48. The van der Waals surface area contributed by atoms with E-state index in [-0.39, 0.29) is 35.3 Å². The molecule has 0 aromatic carbocycles. The fraction of sp³-hybridized carbons (Fsp3) is 0.348. The predicted octanol–water partition coefficient (Wildman–Crippen LogP) is 4.08. The molecule has 2 bridgehead atoms. The van der Waals surface area contributed by atoms with E-state index in [0.29, 0.717) is 24.9 Å². The number of halogens is 4. The third kappa shape index (κ3) is 4.06. The van der Waals surface area contributed by atoms with Crippen molar-refractivity contribution in [1.29, 1.82) is 0 Å². The highest BCUT2D eigenvalue weighted by molar-refractivity contribution is 5.99. The van der Waals surface area contributed by atoms with E-state index in [1.807, 2.05) is 0 Å². The van der Waals surface area contributed by atoms with E-state index in [4.69, 9.17) is 4.74 Å². The van der Waals surface area contributed by atoms with Crippen molar-refractivity contribution in [1.82, 2.24) is 24.8 Å². The van der Waals surface area contributed by atoms with Crippen molar-refractivity contribution in [2.75, 3.05) is 6.54 Å². The van der Waals surface area contributed by atoms with Crippen LogP contribution in [0.1, 0.15) is 34.5 Å². The van der Waals surface area contributed by atoms with E-state index in [9.17, 15) is 22.4 Å². The summed E-state index contributed by atoms with van der Waals surface area (Å²) in [6.07, 6.45) is 0.818. The number of likely N-dealkylation sites (tertiary alicyclic amines) is 1. The Bertz CT molecular complexity index is 1220. The van der Waals surface area contributed by atoms with Crippen LogP contribution in [0.2, 0.25) is 0 Å². The first-order chi connectivity index (χ1) is 16.2. The number of hydrogen-bond acceptors (Lipinski definition) is 6. The quantitative estimate of drug-likeness (QED) is 0.532. The standard InChI is InChI=1S/C23H19F4N5O2/c1-12-4-5-28-20(19(12)21-30-9-15(24)10-31-21)22(33)32-11-13-6-16(32)17(7-13)34-18-3-2-14(8-29-18)23(25,26)27/h2-5,8-10,13,16-17H,6-7,11H2,1H3. The first-order valence-electron chi connectivity index (χ1n) is 10.6. The molecule has 3 atom stereocenters. The molecule has 1 aliphatic heterocycles. The average molecular weight is 473 g/mol. The van der Waals surface area contributed by atoms with Gasteiger partial charge in [0.2, 0.25) is 5.88 Å². The van der Waals surface area contributed by atoms with Crippen LogP contribution < -0.4 is 4.74 Å². The second kappa shape index (κ2) is 8.30. The highest BCUT2D eigenvalue weighted by Gasteiger charge is 2.49. The van der Waals surface area contributed by atoms with Crippen molar-refractivity contribution in [3.63, 3.8) is 0 Å². The SMILES string of the molecule is Cc1ccnc(C(=O)N2CC3CC(Oc4ccc(C(F)(F)F)cn4)C2C3)c1-c1ncc(F)cn1. The summed E-state index contributed by atoms with van der Waals surface area (Å²) in [6, 6.07) is 3.56.